The van der Waals surface area contributed by atoms with Gasteiger partial charge in [-0.1, -0.05) is 16.5 Å². The van der Waals surface area contributed by atoms with Crippen molar-refractivity contribution in [2.75, 3.05) is 5.73 Å². The quantitative estimate of drug-likeness (QED) is 0.745. The highest BCUT2D eigenvalue weighted by Crippen LogP contribution is 2.30. The highest BCUT2D eigenvalue weighted by molar-refractivity contribution is 7.18. The molecule has 3 heterocycles. The summed E-state index contributed by atoms with van der Waals surface area (Å²) in [6.45, 7) is 1.84. The summed E-state index contributed by atoms with van der Waals surface area (Å²) in [6, 6.07) is 0. The minimum Gasteiger partial charge on any atom is -0.375 e. The second-order valence-electron chi connectivity index (χ2n) is 3.48. The van der Waals surface area contributed by atoms with Gasteiger partial charge in [-0.25, -0.2) is 9.97 Å². The summed E-state index contributed by atoms with van der Waals surface area (Å²) in [6.07, 6.45) is 4.72. The predicted octanol–water partition coefficient (Wildman–Crippen LogP) is 1.54. The summed E-state index contributed by atoms with van der Waals surface area (Å²) in [5.74, 6) is 0.784. The average molecular weight is 260 g/mol. The number of nitrogen functional groups attached to an aromatic ring is 1. The van der Waals surface area contributed by atoms with Gasteiger partial charge in [-0.05, 0) is 6.92 Å². The Morgan fingerprint density at radius 1 is 1.28 bits per heavy atom. The molecule has 7 nitrogen and oxygen atoms in total. The van der Waals surface area contributed by atoms with Crippen molar-refractivity contribution in [2.45, 2.75) is 6.92 Å². The molecule has 0 saturated heterocycles. The zero-order valence-electron chi connectivity index (χ0n) is 9.36. The van der Waals surface area contributed by atoms with E-state index in [2.05, 4.69) is 25.1 Å². The van der Waals surface area contributed by atoms with Crippen molar-refractivity contribution in [3.63, 3.8) is 0 Å². The first-order chi connectivity index (χ1) is 8.74. The Morgan fingerprint density at radius 3 is 2.83 bits per heavy atom. The van der Waals surface area contributed by atoms with Crippen LogP contribution >= 0.6 is 11.3 Å². The van der Waals surface area contributed by atoms with Gasteiger partial charge < -0.3 is 10.3 Å². The third-order valence-electron chi connectivity index (χ3n) is 2.23. The lowest BCUT2D eigenvalue weighted by Crippen LogP contribution is -1.86. The van der Waals surface area contributed by atoms with Crippen molar-refractivity contribution < 1.29 is 4.52 Å². The van der Waals surface area contributed by atoms with E-state index in [9.17, 15) is 0 Å². The molecule has 0 unspecified atom stereocenters. The lowest BCUT2D eigenvalue weighted by atomic mass is 10.4. The molecule has 0 aromatic carbocycles. The van der Waals surface area contributed by atoms with Crippen LogP contribution in [-0.4, -0.2) is 25.1 Å². The van der Waals surface area contributed by atoms with Crippen LogP contribution in [0.3, 0.4) is 0 Å². The van der Waals surface area contributed by atoms with Crippen LogP contribution in [0.1, 0.15) is 5.69 Å². The lowest BCUT2D eigenvalue weighted by molar-refractivity contribution is 0.432. The molecule has 0 aliphatic carbocycles. The Morgan fingerprint density at radius 2 is 2.17 bits per heavy atom. The molecular weight excluding hydrogens is 252 g/mol. The maximum atomic E-state index is 5.63. The third kappa shape index (κ3) is 1.82. The normalized spacial score (nSPS) is 10.7. The van der Waals surface area contributed by atoms with Gasteiger partial charge in [0.2, 0.25) is 5.82 Å². The minimum atomic E-state index is 0.391. The Bertz CT molecular complexity index is 677. The van der Waals surface area contributed by atoms with Gasteiger partial charge >= 0.3 is 0 Å². The summed E-state index contributed by atoms with van der Waals surface area (Å²) >= 11 is 1.31. The van der Waals surface area contributed by atoms with Gasteiger partial charge in [0.05, 0.1) is 11.9 Å². The number of rotatable bonds is 2. The SMILES string of the molecule is Cc1nc(N)sc1-c1nc(-c2cnccn2)no1. The van der Waals surface area contributed by atoms with Crippen molar-refractivity contribution in [2.24, 2.45) is 0 Å². The number of nitrogens with zero attached hydrogens (tertiary/aromatic N) is 5. The van der Waals surface area contributed by atoms with Gasteiger partial charge in [-0.3, -0.25) is 4.98 Å². The second kappa shape index (κ2) is 4.15. The summed E-state index contributed by atoms with van der Waals surface area (Å²) in [5.41, 5.74) is 6.96. The van der Waals surface area contributed by atoms with Gasteiger partial charge in [-0.2, -0.15) is 4.98 Å². The number of thiazole rings is 1. The largest absolute Gasteiger partial charge is 0.375 e. The molecule has 3 rings (SSSR count). The van der Waals surface area contributed by atoms with Crippen molar-refractivity contribution in [3.05, 3.63) is 24.3 Å². The molecule has 0 amide bonds. The molecule has 90 valence electrons. The Hall–Kier alpha value is -2.35. The van der Waals surface area contributed by atoms with Crippen LogP contribution in [0, 0.1) is 6.92 Å². The fraction of sp³-hybridized carbons (Fsp3) is 0.100. The van der Waals surface area contributed by atoms with E-state index in [0.29, 0.717) is 22.5 Å². The molecule has 8 heteroatoms. The summed E-state index contributed by atoms with van der Waals surface area (Å²) in [7, 11) is 0. The van der Waals surface area contributed by atoms with E-state index in [4.69, 9.17) is 10.3 Å². The molecule has 0 atom stereocenters. The number of anilines is 1. The van der Waals surface area contributed by atoms with Gasteiger partial charge in [0.1, 0.15) is 10.6 Å². The lowest BCUT2D eigenvalue weighted by Gasteiger charge is -1.89. The summed E-state index contributed by atoms with van der Waals surface area (Å²) in [4.78, 5) is 17.2. The summed E-state index contributed by atoms with van der Waals surface area (Å²) < 4.78 is 5.19. The number of aryl methyl sites for hydroxylation is 1. The highest BCUT2D eigenvalue weighted by atomic mass is 32.1. The molecule has 3 aromatic heterocycles. The zero-order valence-corrected chi connectivity index (χ0v) is 10.2. The van der Waals surface area contributed by atoms with Crippen LogP contribution in [0.4, 0.5) is 5.13 Å². The maximum absolute atomic E-state index is 5.63. The van der Waals surface area contributed by atoms with E-state index in [1.165, 1.54) is 11.3 Å². The monoisotopic (exact) mass is 260 g/mol. The fourth-order valence-electron chi connectivity index (χ4n) is 1.45. The van der Waals surface area contributed by atoms with E-state index in [1.807, 2.05) is 6.92 Å². The first kappa shape index (κ1) is 10.8. The third-order valence-corrected chi connectivity index (χ3v) is 3.20. The zero-order chi connectivity index (χ0) is 12.5. The number of nitrogens with two attached hydrogens (primary N) is 1. The van der Waals surface area contributed by atoms with E-state index >= 15 is 0 Å². The standard InChI is InChI=1S/C10H8N6OS/c1-5-7(18-10(11)14-5)9-15-8(16-17-9)6-4-12-2-3-13-6/h2-4H,1H3,(H2,11,14). The molecule has 0 fully saturated rings. The molecule has 2 N–H and O–H groups in total. The van der Waals surface area contributed by atoms with Crippen molar-refractivity contribution in [3.8, 4) is 22.3 Å². The van der Waals surface area contributed by atoms with Crippen LogP contribution in [0.25, 0.3) is 22.3 Å². The van der Waals surface area contributed by atoms with Crippen molar-refractivity contribution in [1.82, 2.24) is 25.1 Å². The molecule has 0 aliphatic rings. The fourth-order valence-corrected chi connectivity index (χ4v) is 2.21. The molecule has 0 bridgehead atoms. The molecule has 0 aliphatic heterocycles. The number of hydrogen-bond acceptors (Lipinski definition) is 8. The predicted molar refractivity (Wildman–Crippen MR) is 65.6 cm³/mol. The molecule has 3 aromatic rings. The molecular formula is C10H8N6OS. The van der Waals surface area contributed by atoms with E-state index in [1.54, 1.807) is 18.6 Å². The smallest absolute Gasteiger partial charge is 0.270 e. The Labute approximate surface area is 106 Å². The molecule has 0 saturated carbocycles. The second-order valence-corrected chi connectivity index (χ2v) is 4.51. The number of hydrogen-bond donors (Lipinski definition) is 1. The van der Waals surface area contributed by atoms with Crippen LogP contribution in [-0.2, 0) is 0 Å². The first-order valence-electron chi connectivity index (χ1n) is 5.07. The Kier molecular flexibility index (Phi) is 2.49. The van der Waals surface area contributed by atoms with Gasteiger partial charge in [-0.15, -0.1) is 0 Å². The van der Waals surface area contributed by atoms with Crippen LogP contribution < -0.4 is 5.73 Å². The van der Waals surface area contributed by atoms with Crippen LogP contribution in [0.5, 0.6) is 0 Å². The van der Waals surface area contributed by atoms with E-state index in [0.717, 1.165) is 10.6 Å². The summed E-state index contributed by atoms with van der Waals surface area (Å²) in [5, 5.41) is 4.34. The highest BCUT2D eigenvalue weighted by Gasteiger charge is 2.16. The van der Waals surface area contributed by atoms with Crippen LogP contribution in [0.2, 0.25) is 0 Å². The van der Waals surface area contributed by atoms with Crippen LogP contribution in [0.15, 0.2) is 23.1 Å². The van der Waals surface area contributed by atoms with Crippen molar-refractivity contribution in [1.29, 1.82) is 0 Å². The van der Waals surface area contributed by atoms with Crippen molar-refractivity contribution >= 4 is 16.5 Å². The van der Waals surface area contributed by atoms with Gasteiger partial charge in [0, 0.05) is 12.4 Å². The Balaban J connectivity index is 2.02. The van der Waals surface area contributed by atoms with E-state index in [-0.39, 0.29) is 0 Å². The maximum Gasteiger partial charge on any atom is 0.270 e. The van der Waals surface area contributed by atoms with Gasteiger partial charge in [0.25, 0.3) is 5.89 Å². The van der Waals surface area contributed by atoms with E-state index < -0.39 is 0 Å². The topological polar surface area (TPSA) is 104 Å². The minimum absolute atomic E-state index is 0.391. The molecule has 0 radical (unpaired) electrons. The molecule has 18 heavy (non-hydrogen) atoms. The van der Waals surface area contributed by atoms with Gasteiger partial charge in [0.15, 0.2) is 5.13 Å². The number of aromatic nitrogens is 5. The average Bonchev–Trinajstić information content (AvgIpc) is 2.97. The molecule has 0 spiro atoms. The first-order valence-corrected chi connectivity index (χ1v) is 5.89.